The third-order valence-corrected chi connectivity index (χ3v) is 13.6. The maximum atomic E-state index is 5.48. The molecule has 71 heavy (non-hydrogen) atoms. The van der Waals surface area contributed by atoms with Gasteiger partial charge in [0, 0.05) is 102 Å². The summed E-state index contributed by atoms with van der Waals surface area (Å²) in [6.45, 7) is 12.2. The second kappa shape index (κ2) is 24.6. The highest BCUT2D eigenvalue weighted by Gasteiger charge is 2.17. The number of likely N-dealkylation sites (N-methyl/N-ethyl adjacent to an activating group) is 1. The van der Waals surface area contributed by atoms with Gasteiger partial charge in [-0.1, -0.05) is 79.2 Å². The van der Waals surface area contributed by atoms with Gasteiger partial charge in [0.15, 0.2) is 0 Å². The van der Waals surface area contributed by atoms with Crippen molar-refractivity contribution in [1.82, 2.24) is 34.3 Å². The minimum Gasteiger partial charge on any atom is -0.497 e. The molecule has 0 atom stereocenters. The summed E-state index contributed by atoms with van der Waals surface area (Å²) < 4.78 is 14.7. The molecule has 11 nitrogen and oxygen atoms in total. The Morgan fingerprint density at radius 1 is 0.423 bits per heavy atom. The van der Waals surface area contributed by atoms with Crippen LogP contribution in [0.3, 0.4) is 0 Å². The van der Waals surface area contributed by atoms with Crippen molar-refractivity contribution >= 4 is 11.4 Å². The molecular formula is C60H69N9O2. The van der Waals surface area contributed by atoms with E-state index >= 15 is 0 Å². The zero-order valence-electron chi connectivity index (χ0n) is 41.8. The lowest BCUT2D eigenvalue weighted by molar-refractivity contribution is 0.148. The number of benzene rings is 6. The van der Waals surface area contributed by atoms with Gasteiger partial charge >= 0.3 is 0 Å². The largest absolute Gasteiger partial charge is 0.497 e. The Morgan fingerprint density at radius 3 is 1.28 bits per heavy atom. The second-order valence-corrected chi connectivity index (χ2v) is 18.9. The van der Waals surface area contributed by atoms with E-state index in [0.717, 1.165) is 88.3 Å². The molecule has 0 aliphatic carbocycles. The van der Waals surface area contributed by atoms with E-state index in [2.05, 4.69) is 175 Å². The number of nitrogens with zero attached hydrogens (tertiary/aromatic N) is 9. The highest BCUT2D eigenvalue weighted by Crippen LogP contribution is 2.27. The molecule has 2 saturated heterocycles. The lowest BCUT2D eigenvalue weighted by Gasteiger charge is -2.32. The van der Waals surface area contributed by atoms with Crippen molar-refractivity contribution in [2.24, 2.45) is 0 Å². The molecule has 4 heterocycles. The second-order valence-electron chi connectivity index (χ2n) is 18.9. The van der Waals surface area contributed by atoms with Gasteiger partial charge in [-0.15, -0.1) is 0 Å². The summed E-state index contributed by atoms with van der Waals surface area (Å²) in [6.07, 6.45) is 11.5. The lowest BCUT2D eigenvalue weighted by atomic mass is 10.1. The molecule has 2 aliphatic rings. The van der Waals surface area contributed by atoms with E-state index in [1.807, 2.05) is 46.0 Å². The summed E-state index contributed by atoms with van der Waals surface area (Å²) in [5.41, 5.74) is 12.4. The number of likely N-dealkylation sites (tertiary alicyclic amines) is 1. The van der Waals surface area contributed by atoms with Crippen LogP contribution < -0.4 is 19.3 Å². The van der Waals surface area contributed by atoms with Crippen molar-refractivity contribution in [3.63, 3.8) is 0 Å². The van der Waals surface area contributed by atoms with Crippen molar-refractivity contribution < 1.29 is 9.47 Å². The first kappa shape index (κ1) is 48.8. The van der Waals surface area contributed by atoms with Crippen LogP contribution in [-0.4, -0.2) is 94.8 Å². The Balaban J connectivity index is 0.000000176. The van der Waals surface area contributed by atoms with Gasteiger partial charge < -0.3 is 24.2 Å². The Bertz CT molecular complexity index is 2820. The van der Waals surface area contributed by atoms with Crippen molar-refractivity contribution in [3.8, 4) is 22.9 Å². The first-order chi connectivity index (χ1) is 34.9. The first-order valence-electron chi connectivity index (χ1n) is 25.2. The molecule has 11 heteroatoms. The molecular weight excluding hydrogens is 879 g/mol. The Morgan fingerprint density at radius 2 is 0.845 bits per heavy atom. The van der Waals surface area contributed by atoms with Crippen LogP contribution in [0.25, 0.3) is 11.4 Å². The number of hydrogen-bond acceptors (Lipinski definition) is 9. The number of aromatic nitrogens is 4. The van der Waals surface area contributed by atoms with E-state index in [4.69, 9.17) is 9.47 Å². The number of piperidine rings is 1. The average Bonchev–Trinajstić information content (AvgIpc) is 4.17. The maximum Gasteiger partial charge on any atom is 0.119 e. The molecule has 0 radical (unpaired) electrons. The van der Waals surface area contributed by atoms with Crippen molar-refractivity contribution in [1.29, 1.82) is 0 Å². The van der Waals surface area contributed by atoms with Gasteiger partial charge in [-0.2, -0.15) is 10.2 Å². The van der Waals surface area contributed by atoms with Crippen LogP contribution in [0, 0.1) is 0 Å². The topological polar surface area (TPSA) is 70.3 Å². The molecule has 2 aliphatic heterocycles. The highest BCUT2D eigenvalue weighted by molar-refractivity contribution is 5.52. The summed E-state index contributed by atoms with van der Waals surface area (Å²) in [5, 5.41) is 8.69. The van der Waals surface area contributed by atoms with Crippen LogP contribution in [0.5, 0.6) is 11.5 Å². The monoisotopic (exact) mass is 948 g/mol. The van der Waals surface area contributed by atoms with E-state index < -0.39 is 0 Å². The third-order valence-electron chi connectivity index (χ3n) is 13.6. The summed E-state index contributed by atoms with van der Waals surface area (Å²) in [7, 11) is 5.65. The quantitative estimate of drug-likeness (QED) is 0.0836. The standard InChI is InChI=1S/C30H35N5O.C30H34N4O/c1-32-16-18-33(19-17-32)22-26-6-3-8-29(20-26)34(24-27-7-4-9-30(21-27)36-2)23-25-10-12-28(13-11-25)35-15-5-14-31-35;1-35-30-11-6-9-27(21-30)24-33(23-25-12-14-28(15-13-25)34-19-7-16-31-34)29-10-5-8-26(20-29)22-32-17-3-2-4-18-32/h3-15,20-21H,16-19,22-24H2,1-2H3;5-16,19-21H,2-4,17-18,22-24H2,1H3. The smallest absolute Gasteiger partial charge is 0.119 e. The van der Waals surface area contributed by atoms with Crippen LogP contribution in [0.1, 0.15) is 52.6 Å². The molecule has 0 amide bonds. The summed E-state index contributed by atoms with van der Waals surface area (Å²) >= 11 is 0. The van der Waals surface area contributed by atoms with Crippen LogP contribution >= 0.6 is 0 Å². The predicted octanol–water partition coefficient (Wildman–Crippen LogP) is 10.9. The number of ether oxygens (including phenoxy) is 2. The minimum absolute atomic E-state index is 0.802. The van der Waals surface area contributed by atoms with Gasteiger partial charge in [0.25, 0.3) is 0 Å². The average molecular weight is 948 g/mol. The fourth-order valence-electron chi connectivity index (χ4n) is 9.59. The van der Waals surface area contributed by atoms with Gasteiger partial charge in [0.05, 0.1) is 25.6 Å². The molecule has 0 spiro atoms. The molecule has 0 saturated carbocycles. The van der Waals surface area contributed by atoms with E-state index in [1.54, 1.807) is 26.6 Å². The Hall–Kier alpha value is -7.18. The lowest BCUT2D eigenvalue weighted by Crippen LogP contribution is -2.43. The predicted molar refractivity (Wildman–Crippen MR) is 288 cm³/mol. The maximum absolute atomic E-state index is 5.48. The van der Waals surface area contributed by atoms with Gasteiger partial charge in [-0.3, -0.25) is 9.80 Å². The van der Waals surface area contributed by atoms with Crippen LogP contribution in [-0.2, 0) is 39.3 Å². The van der Waals surface area contributed by atoms with Crippen molar-refractivity contribution in [3.05, 3.63) is 216 Å². The zero-order valence-corrected chi connectivity index (χ0v) is 41.8. The molecule has 0 N–H and O–H groups in total. The molecule has 2 fully saturated rings. The molecule has 0 bridgehead atoms. The SMILES string of the molecule is COc1cccc(CN(Cc2ccc(-n3cccn3)cc2)c2cccc(CN3CCCCC3)c2)c1.COc1cccc(CN(Cc2ccc(-n3cccn3)cc2)c2cccc(CN3CCN(C)CC3)c2)c1. The fourth-order valence-corrected chi connectivity index (χ4v) is 9.59. The van der Waals surface area contributed by atoms with Crippen LogP contribution in [0.2, 0.25) is 0 Å². The van der Waals surface area contributed by atoms with Crippen molar-refractivity contribution in [2.75, 3.05) is 70.3 Å². The van der Waals surface area contributed by atoms with Gasteiger partial charge in [0.2, 0.25) is 0 Å². The Labute approximate surface area is 421 Å². The van der Waals surface area contributed by atoms with Crippen LogP contribution in [0.4, 0.5) is 11.4 Å². The molecule has 366 valence electrons. The van der Waals surface area contributed by atoms with E-state index in [-0.39, 0.29) is 0 Å². The van der Waals surface area contributed by atoms with Gasteiger partial charge in [-0.05, 0) is 151 Å². The number of piperazine rings is 1. The van der Waals surface area contributed by atoms with E-state index in [0.29, 0.717) is 0 Å². The molecule has 10 rings (SSSR count). The minimum atomic E-state index is 0.802. The molecule has 8 aromatic rings. The number of hydrogen-bond donors (Lipinski definition) is 0. The number of anilines is 2. The number of rotatable bonds is 18. The molecule has 2 aromatic heterocycles. The normalized spacial score (nSPS) is 14.4. The van der Waals surface area contributed by atoms with E-state index in [9.17, 15) is 0 Å². The van der Waals surface area contributed by atoms with Gasteiger partial charge in [-0.25, -0.2) is 9.36 Å². The van der Waals surface area contributed by atoms with Gasteiger partial charge in [0.1, 0.15) is 11.5 Å². The highest BCUT2D eigenvalue weighted by atomic mass is 16.5. The number of methoxy groups -OCH3 is 2. The third kappa shape index (κ3) is 14.0. The summed E-state index contributed by atoms with van der Waals surface area (Å²) in [5.74, 6) is 1.78. The first-order valence-corrected chi connectivity index (χ1v) is 25.2. The van der Waals surface area contributed by atoms with E-state index in [1.165, 1.54) is 77.1 Å². The molecule has 0 unspecified atom stereocenters. The van der Waals surface area contributed by atoms with Crippen molar-refractivity contribution in [2.45, 2.75) is 58.5 Å². The molecule has 6 aromatic carbocycles. The summed E-state index contributed by atoms with van der Waals surface area (Å²) in [6, 6.07) is 56.1. The fraction of sp³-hybridized carbons (Fsp3) is 0.300. The zero-order chi connectivity index (χ0) is 48.6. The Kier molecular flexibility index (Phi) is 16.9. The van der Waals surface area contributed by atoms with Crippen LogP contribution in [0.15, 0.2) is 183 Å². The summed E-state index contributed by atoms with van der Waals surface area (Å²) in [4.78, 5) is 12.4.